The smallest absolute Gasteiger partial charge is 0.0379 e. The van der Waals surface area contributed by atoms with E-state index >= 15 is 0 Å². The minimum Gasteiger partial charge on any atom is -0.0735 e. The summed E-state index contributed by atoms with van der Waals surface area (Å²) in [6, 6.07) is 0. The molecule has 0 bridgehead atoms. The van der Waals surface area contributed by atoms with Crippen LogP contribution < -0.4 is 0 Å². The van der Waals surface area contributed by atoms with Crippen LogP contribution in [0.15, 0.2) is 0 Å². The van der Waals surface area contributed by atoms with E-state index in [1.807, 2.05) is 0 Å². The molecule has 0 aromatic carbocycles. The monoisotopic (exact) mass is 702 g/mol. The van der Waals surface area contributed by atoms with Crippen molar-refractivity contribution in [1.82, 2.24) is 0 Å². The van der Waals surface area contributed by atoms with Crippen LogP contribution in [0.3, 0.4) is 0 Å². The zero-order valence-corrected chi connectivity index (χ0v) is 39.2. The normalized spacial score (nSPS) is 8.81. The maximum Gasteiger partial charge on any atom is 0.0379 e. The van der Waals surface area contributed by atoms with Crippen molar-refractivity contribution in [3.63, 3.8) is 0 Å². The van der Waals surface area contributed by atoms with Gasteiger partial charge in [-0.25, -0.2) is 0 Å². The Morgan fingerprint density at radius 2 is 0.219 bits per heavy atom. The average molecular weight is 701 g/mol. The molecule has 0 unspecified atom stereocenters. The summed E-state index contributed by atoms with van der Waals surface area (Å²) in [7, 11) is 1.02. The Bertz CT molecular complexity index is 171. The first kappa shape index (κ1) is 59.7. The molecule has 0 aromatic rings. The topological polar surface area (TPSA) is 0 Å². The van der Waals surface area contributed by atoms with Gasteiger partial charge in [-0.15, -0.1) is 0 Å². The molecule has 0 saturated carbocycles. The van der Waals surface area contributed by atoms with E-state index < -0.39 is 0 Å². The Morgan fingerprint density at radius 3 is 0.219 bits per heavy atom. The molecule has 0 aromatic heterocycles. The van der Waals surface area contributed by atoms with Crippen molar-refractivity contribution in [2.45, 2.75) is 144 Å². The summed E-state index contributed by atoms with van der Waals surface area (Å²) in [6.07, 6.45) is 0. The van der Waals surface area contributed by atoms with E-state index in [0.29, 0.717) is 0 Å². The molecule has 0 aliphatic heterocycles. The SMILES string of the molecule is C[Si](C)C.C[Si](C)C.C[Si](C)C.C[Si](C)C.C[Si](C)C.C[Si](C)C.C[Si](C)[Si](C)C.[Ge].[Ge]. The molecule has 0 aliphatic carbocycles. The van der Waals surface area contributed by atoms with Gasteiger partial charge in [0.1, 0.15) is 0 Å². The largest absolute Gasteiger partial charge is 0.0735 e. The molecule has 0 aliphatic rings. The van der Waals surface area contributed by atoms with Crippen molar-refractivity contribution in [1.29, 1.82) is 0 Å². The maximum atomic E-state index is 2.39. The second kappa shape index (κ2) is 50.6. The molecular weight excluding hydrogens is 634 g/mol. The quantitative estimate of drug-likeness (QED) is 0.240. The van der Waals surface area contributed by atoms with Gasteiger partial charge in [0, 0.05) is 105 Å². The summed E-state index contributed by atoms with van der Waals surface area (Å²) in [5, 5.41) is 0. The Morgan fingerprint density at radius 1 is 0.188 bits per heavy atom. The van der Waals surface area contributed by atoms with Crippen LogP contribution >= 0.6 is 0 Å². The molecule has 32 heavy (non-hydrogen) atoms. The Labute approximate surface area is 246 Å². The third kappa shape index (κ3) is 714. The van der Waals surface area contributed by atoms with Crippen LogP contribution in [0.25, 0.3) is 0 Å². The fourth-order valence-electron chi connectivity index (χ4n) is 0. The third-order valence-corrected chi connectivity index (χ3v) is 9.00. The second-order valence-electron chi connectivity index (χ2n) is 11.0. The summed E-state index contributed by atoms with van der Waals surface area (Å²) in [5.74, 6) is 0. The van der Waals surface area contributed by atoms with Gasteiger partial charge in [0.25, 0.3) is 0 Å². The first-order valence-corrected chi connectivity index (χ1v) is 35.2. The van der Waals surface area contributed by atoms with E-state index in [0.717, 1.165) is 0 Å². The van der Waals surface area contributed by atoms with Gasteiger partial charge in [0.2, 0.25) is 0 Å². The van der Waals surface area contributed by atoms with Gasteiger partial charge in [-0.05, 0) is 0 Å². The van der Waals surface area contributed by atoms with Crippen molar-refractivity contribution >= 4 is 105 Å². The molecule has 0 nitrogen and oxygen atoms in total. The molecule has 0 amide bonds. The van der Waals surface area contributed by atoms with Crippen LogP contribution in [0.5, 0.6) is 0 Å². The molecule has 0 N–H and O–H groups in total. The molecule has 16 radical (unpaired) electrons. The number of hydrogen-bond acceptors (Lipinski definition) is 0. The van der Waals surface area contributed by atoms with Crippen LogP contribution in [0.1, 0.15) is 0 Å². The Balaban J connectivity index is -0.0000000274. The van der Waals surface area contributed by atoms with E-state index in [-0.39, 0.29) is 105 Å². The van der Waals surface area contributed by atoms with E-state index in [1.165, 1.54) is 0 Å². The fourth-order valence-corrected chi connectivity index (χ4v) is 0. The number of hydrogen-bond donors (Lipinski definition) is 0. The molecule has 0 rings (SSSR count). The first-order chi connectivity index (χ1) is 13.0. The average Bonchev–Trinajstić information content (AvgIpc) is 2.33. The summed E-state index contributed by atoms with van der Waals surface area (Å²) >= 11 is 0. The molecule has 0 spiro atoms. The van der Waals surface area contributed by atoms with Crippen molar-refractivity contribution in [2.75, 3.05) is 0 Å². The van der Waals surface area contributed by atoms with Gasteiger partial charge in [-0.1, -0.05) is 144 Å². The molecule has 0 heterocycles. The van der Waals surface area contributed by atoms with Crippen LogP contribution in [-0.4, -0.2) is 105 Å². The molecule has 0 atom stereocenters. The fraction of sp³-hybridized carbons (Fsp3) is 1.00. The molecule has 194 valence electrons. The third-order valence-electron chi connectivity index (χ3n) is 1.00. The van der Waals surface area contributed by atoms with Gasteiger partial charge in [-0.2, -0.15) is 0 Å². The maximum absolute atomic E-state index is 2.39. The van der Waals surface area contributed by atoms with Crippen LogP contribution in [0.4, 0.5) is 0 Å². The second-order valence-corrected chi connectivity index (χ2v) is 39.0. The summed E-state index contributed by atoms with van der Waals surface area (Å²) < 4.78 is 0. The van der Waals surface area contributed by atoms with Crippen molar-refractivity contribution in [3.05, 3.63) is 0 Å². The van der Waals surface area contributed by atoms with Crippen LogP contribution in [0.2, 0.25) is 144 Å². The van der Waals surface area contributed by atoms with E-state index in [1.54, 1.807) is 0 Å². The minimum atomic E-state index is 0. The standard InChI is InChI=1S/C4H12Si2.6C3H9Si.2Ge/c1-5(2)6(3)4;6*1-4(2)3;;/h1-4H3;6*1-3H3;;. The van der Waals surface area contributed by atoms with Crippen LogP contribution in [0, 0.1) is 0 Å². The summed E-state index contributed by atoms with van der Waals surface area (Å²) in [6.45, 7) is 50.4. The van der Waals surface area contributed by atoms with E-state index in [4.69, 9.17) is 0 Å². The zero-order valence-electron chi connectivity index (χ0n) is 27.0. The van der Waals surface area contributed by atoms with Gasteiger partial charge in [0.05, 0.1) is 0 Å². The van der Waals surface area contributed by atoms with E-state index in [9.17, 15) is 0 Å². The zero-order chi connectivity index (χ0) is 26.6. The summed E-state index contributed by atoms with van der Waals surface area (Å²) in [5.41, 5.74) is 0. The Hall–Kier alpha value is 2.82. The predicted octanol–water partition coefficient (Wildman–Crippen LogP) is 9.04. The Kier molecular flexibility index (Phi) is 94.5. The molecular formula is C22H66Ge2Si8. The molecule has 0 saturated heterocycles. The van der Waals surface area contributed by atoms with Crippen molar-refractivity contribution < 1.29 is 0 Å². The van der Waals surface area contributed by atoms with Gasteiger partial charge in [-0.3, -0.25) is 0 Å². The van der Waals surface area contributed by atoms with Crippen molar-refractivity contribution in [3.8, 4) is 0 Å². The van der Waals surface area contributed by atoms with Crippen molar-refractivity contribution in [2.24, 2.45) is 0 Å². The van der Waals surface area contributed by atoms with Gasteiger partial charge >= 0.3 is 0 Å². The first-order valence-electron chi connectivity index (χ1n) is 11.2. The minimum absolute atomic E-state index is 0. The van der Waals surface area contributed by atoms with Gasteiger partial charge in [0.15, 0.2) is 0 Å². The van der Waals surface area contributed by atoms with E-state index in [2.05, 4.69) is 144 Å². The predicted molar refractivity (Wildman–Crippen MR) is 187 cm³/mol. The summed E-state index contributed by atoms with van der Waals surface area (Å²) in [4.78, 5) is 0. The van der Waals surface area contributed by atoms with Gasteiger partial charge < -0.3 is 0 Å². The number of rotatable bonds is 1. The molecule has 0 fully saturated rings. The molecule has 10 heteroatoms. The van der Waals surface area contributed by atoms with Crippen LogP contribution in [-0.2, 0) is 0 Å².